The zero-order valence-corrected chi connectivity index (χ0v) is 12.0. The van der Waals surface area contributed by atoms with Gasteiger partial charge in [0.25, 0.3) is 0 Å². The van der Waals surface area contributed by atoms with Gasteiger partial charge in [-0.15, -0.1) is 11.3 Å². The van der Waals surface area contributed by atoms with Gasteiger partial charge >= 0.3 is 5.97 Å². The number of rotatable bonds is 5. The maximum atomic E-state index is 11.7. The van der Waals surface area contributed by atoms with E-state index in [1.165, 1.54) is 10.4 Å². The highest BCUT2D eigenvalue weighted by atomic mass is 32.1. The highest BCUT2D eigenvalue weighted by Gasteiger charge is 2.17. The van der Waals surface area contributed by atoms with Crippen molar-refractivity contribution in [3.8, 4) is 0 Å². The van der Waals surface area contributed by atoms with Crippen LogP contribution < -0.4 is 5.32 Å². The topological polar surface area (TPSA) is 38.3 Å². The predicted octanol–water partition coefficient (Wildman–Crippen LogP) is 3.36. The minimum atomic E-state index is -0.305. The third-order valence-electron chi connectivity index (χ3n) is 2.43. The molecule has 3 nitrogen and oxygen atoms in total. The summed E-state index contributed by atoms with van der Waals surface area (Å²) in [7, 11) is 0. The second-order valence-corrected chi connectivity index (χ2v) is 5.82. The van der Waals surface area contributed by atoms with Crippen LogP contribution in [-0.2, 0) is 9.53 Å². The minimum absolute atomic E-state index is 0.191. The van der Waals surface area contributed by atoms with Gasteiger partial charge in [-0.25, -0.2) is 4.79 Å². The SMILES string of the molecule is Cc1csc(C)c1N[C@@H](C)C(=O)OCC(C)C. The van der Waals surface area contributed by atoms with E-state index in [9.17, 15) is 4.79 Å². The van der Waals surface area contributed by atoms with Crippen LogP contribution in [0.1, 0.15) is 31.2 Å². The normalized spacial score (nSPS) is 12.6. The van der Waals surface area contributed by atoms with Crippen molar-refractivity contribution in [2.75, 3.05) is 11.9 Å². The van der Waals surface area contributed by atoms with Gasteiger partial charge in [0.2, 0.25) is 0 Å². The van der Waals surface area contributed by atoms with Gasteiger partial charge in [0.05, 0.1) is 12.3 Å². The number of anilines is 1. The van der Waals surface area contributed by atoms with Crippen LogP contribution >= 0.6 is 11.3 Å². The second-order valence-electron chi connectivity index (χ2n) is 4.74. The van der Waals surface area contributed by atoms with Gasteiger partial charge in [0, 0.05) is 4.88 Å². The van der Waals surface area contributed by atoms with E-state index in [0.29, 0.717) is 12.5 Å². The molecular weight excluding hydrogens is 234 g/mol. The molecule has 96 valence electrons. The summed E-state index contributed by atoms with van der Waals surface area (Å²) in [5.41, 5.74) is 2.24. The molecule has 1 atom stereocenters. The van der Waals surface area contributed by atoms with Crippen LogP contribution in [0.2, 0.25) is 0 Å². The number of hydrogen-bond donors (Lipinski definition) is 1. The molecule has 4 heteroatoms. The van der Waals surface area contributed by atoms with Gasteiger partial charge in [0.1, 0.15) is 6.04 Å². The van der Waals surface area contributed by atoms with Gasteiger partial charge in [0.15, 0.2) is 0 Å². The lowest BCUT2D eigenvalue weighted by Crippen LogP contribution is -2.29. The standard InChI is InChI=1S/C13H21NO2S/c1-8(2)6-16-13(15)10(4)14-12-9(3)7-17-11(12)5/h7-8,10,14H,6H2,1-5H3/t10-/m0/s1. The summed E-state index contributed by atoms with van der Waals surface area (Å²) in [6, 6.07) is -0.305. The van der Waals surface area contributed by atoms with Crippen LogP contribution in [0.5, 0.6) is 0 Å². The monoisotopic (exact) mass is 255 g/mol. The quantitative estimate of drug-likeness (QED) is 0.820. The van der Waals surface area contributed by atoms with E-state index in [0.717, 1.165) is 5.69 Å². The number of hydrogen-bond acceptors (Lipinski definition) is 4. The van der Waals surface area contributed by atoms with E-state index in [4.69, 9.17) is 4.74 Å². The van der Waals surface area contributed by atoms with Gasteiger partial charge < -0.3 is 10.1 Å². The molecule has 0 aliphatic heterocycles. The van der Waals surface area contributed by atoms with Crippen molar-refractivity contribution in [2.45, 2.75) is 40.7 Å². The van der Waals surface area contributed by atoms with Crippen LogP contribution in [0.15, 0.2) is 5.38 Å². The Morgan fingerprint density at radius 3 is 2.53 bits per heavy atom. The maximum Gasteiger partial charge on any atom is 0.328 e. The summed E-state index contributed by atoms with van der Waals surface area (Å²) in [4.78, 5) is 12.9. The molecule has 0 unspecified atom stereocenters. The highest BCUT2D eigenvalue weighted by Crippen LogP contribution is 2.27. The number of aryl methyl sites for hydroxylation is 2. The fraction of sp³-hybridized carbons (Fsp3) is 0.615. The van der Waals surface area contributed by atoms with Crippen LogP contribution in [0.3, 0.4) is 0 Å². The van der Waals surface area contributed by atoms with Crippen LogP contribution in [0.25, 0.3) is 0 Å². The Hall–Kier alpha value is -1.03. The van der Waals surface area contributed by atoms with Crippen molar-refractivity contribution in [2.24, 2.45) is 5.92 Å². The number of carbonyl (C=O) groups is 1. The van der Waals surface area contributed by atoms with Crippen LogP contribution in [0, 0.1) is 19.8 Å². The van der Waals surface area contributed by atoms with Crippen molar-refractivity contribution in [1.82, 2.24) is 0 Å². The first-order valence-electron chi connectivity index (χ1n) is 5.89. The number of thiophene rings is 1. The average Bonchev–Trinajstić information content (AvgIpc) is 2.57. The molecule has 1 N–H and O–H groups in total. The lowest BCUT2D eigenvalue weighted by atomic mass is 10.2. The Morgan fingerprint density at radius 1 is 1.41 bits per heavy atom. The van der Waals surface area contributed by atoms with Crippen molar-refractivity contribution < 1.29 is 9.53 Å². The lowest BCUT2D eigenvalue weighted by Gasteiger charge is -2.16. The van der Waals surface area contributed by atoms with Gasteiger partial charge in [-0.2, -0.15) is 0 Å². The summed E-state index contributed by atoms with van der Waals surface area (Å²) < 4.78 is 5.20. The van der Waals surface area contributed by atoms with E-state index in [2.05, 4.69) is 10.7 Å². The van der Waals surface area contributed by atoms with Gasteiger partial charge in [-0.1, -0.05) is 13.8 Å². The first-order valence-corrected chi connectivity index (χ1v) is 6.77. The van der Waals surface area contributed by atoms with E-state index in [1.54, 1.807) is 11.3 Å². The molecule has 1 heterocycles. The molecule has 0 radical (unpaired) electrons. The lowest BCUT2D eigenvalue weighted by molar-refractivity contribution is -0.145. The molecule has 1 aromatic rings. The third-order valence-corrected chi connectivity index (χ3v) is 3.46. The van der Waals surface area contributed by atoms with Gasteiger partial charge in [-0.3, -0.25) is 0 Å². The number of nitrogens with one attached hydrogen (secondary N) is 1. The van der Waals surface area contributed by atoms with E-state index in [-0.39, 0.29) is 12.0 Å². The molecule has 17 heavy (non-hydrogen) atoms. The van der Waals surface area contributed by atoms with Crippen molar-refractivity contribution >= 4 is 23.0 Å². The van der Waals surface area contributed by atoms with Crippen molar-refractivity contribution in [3.05, 3.63) is 15.8 Å². The fourth-order valence-corrected chi connectivity index (χ4v) is 2.25. The number of esters is 1. The Morgan fingerprint density at radius 2 is 2.06 bits per heavy atom. The van der Waals surface area contributed by atoms with E-state index < -0.39 is 0 Å². The second kappa shape index (κ2) is 6.05. The molecule has 0 saturated carbocycles. The molecular formula is C13H21NO2S. The molecule has 0 aliphatic rings. The molecule has 1 rings (SSSR count). The summed E-state index contributed by atoms with van der Waals surface area (Å²) in [6.07, 6.45) is 0. The molecule has 0 bridgehead atoms. The maximum absolute atomic E-state index is 11.7. The third kappa shape index (κ3) is 4.04. The zero-order valence-electron chi connectivity index (χ0n) is 11.2. The Bertz CT molecular complexity index is 365. The summed E-state index contributed by atoms with van der Waals surface area (Å²) in [6.45, 7) is 10.5. The minimum Gasteiger partial charge on any atom is -0.464 e. The van der Waals surface area contributed by atoms with Crippen molar-refractivity contribution in [1.29, 1.82) is 0 Å². The van der Waals surface area contributed by atoms with Crippen molar-refractivity contribution in [3.63, 3.8) is 0 Å². The average molecular weight is 255 g/mol. The highest BCUT2D eigenvalue weighted by molar-refractivity contribution is 7.10. The Kier molecular flexibility index (Phi) is 5.00. The molecule has 0 fully saturated rings. The van der Waals surface area contributed by atoms with E-state index >= 15 is 0 Å². The van der Waals surface area contributed by atoms with E-state index in [1.807, 2.05) is 34.6 Å². The fourth-order valence-electron chi connectivity index (χ4n) is 1.44. The molecule has 0 amide bonds. The molecule has 0 aliphatic carbocycles. The number of carbonyl (C=O) groups excluding carboxylic acids is 1. The molecule has 0 spiro atoms. The summed E-state index contributed by atoms with van der Waals surface area (Å²) in [5.74, 6) is 0.180. The summed E-state index contributed by atoms with van der Waals surface area (Å²) >= 11 is 1.69. The Balaban J connectivity index is 2.54. The largest absolute Gasteiger partial charge is 0.464 e. The predicted molar refractivity (Wildman–Crippen MR) is 72.7 cm³/mol. The first-order chi connectivity index (χ1) is 7.91. The molecule has 0 aromatic carbocycles. The molecule has 0 saturated heterocycles. The number of ether oxygens (including phenoxy) is 1. The van der Waals surface area contributed by atoms with Crippen LogP contribution in [0.4, 0.5) is 5.69 Å². The molecule has 1 aromatic heterocycles. The smallest absolute Gasteiger partial charge is 0.328 e. The van der Waals surface area contributed by atoms with Gasteiger partial charge in [-0.05, 0) is 37.6 Å². The van der Waals surface area contributed by atoms with Crippen LogP contribution in [-0.4, -0.2) is 18.6 Å². The first kappa shape index (κ1) is 14.0. The summed E-state index contributed by atoms with van der Waals surface area (Å²) in [5, 5.41) is 5.30. The Labute approximate surface area is 107 Å². The zero-order chi connectivity index (χ0) is 13.0.